The molecule has 3 rings (SSSR count). The Morgan fingerprint density at radius 2 is 1.95 bits per heavy atom. The van der Waals surface area contributed by atoms with Crippen molar-refractivity contribution in [3.05, 3.63) is 37.2 Å². The predicted octanol–water partition coefficient (Wildman–Crippen LogP) is 4.20. The lowest BCUT2D eigenvalue weighted by Gasteiger charge is -2.20. The minimum atomic E-state index is 0.734. The zero-order chi connectivity index (χ0) is 15.2. The van der Waals surface area contributed by atoms with Crippen molar-refractivity contribution in [1.82, 2.24) is 19.7 Å². The maximum Gasteiger partial charge on any atom is 0.191 e. The third kappa shape index (κ3) is 3.58. The molecule has 0 N–H and O–H groups in total. The molecule has 0 saturated heterocycles. The standard InChI is InChI=1S/C17H22N4S/c1-2-12-21-16(15-8-10-18-11-9-15)19-20-17(21)22-13-14-6-4-3-5-7-14/h2,8-11,14H,1,3-7,12-13H2. The van der Waals surface area contributed by atoms with E-state index in [0.29, 0.717) is 0 Å². The van der Waals surface area contributed by atoms with Crippen molar-refractivity contribution in [3.8, 4) is 11.4 Å². The van der Waals surface area contributed by atoms with Crippen LogP contribution in [0.15, 0.2) is 42.3 Å². The molecule has 22 heavy (non-hydrogen) atoms. The zero-order valence-corrected chi connectivity index (χ0v) is 13.6. The highest BCUT2D eigenvalue weighted by molar-refractivity contribution is 7.99. The second kappa shape index (κ2) is 7.58. The lowest BCUT2D eigenvalue weighted by atomic mass is 9.91. The Bertz CT molecular complexity index is 602. The predicted molar refractivity (Wildman–Crippen MR) is 90.7 cm³/mol. The Morgan fingerprint density at radius 3 is 2.68 bits per heavy atom. The molecule has 0 unspecified atom stereocenters. The minimum Gasteiger partial charge on any atom is -0.298 e. The maximum atomic E-state index is 4.40. The van der Waals surface area contributed by atoms with Crippen molar-refractivity contribution in [2.75, 3.05) is 5.75 Å². The largest absolute Gasteiger partial charge is 0.298 e. The van der Waals surface area contributed by atoms with Crippen LogP contribution in [0.4, 0.5) is 0 Å². The topological polar surface area (TPSA) is 43.6 Å². The van der Waals surface area contributed by atoms with Crippen LogP contribution in [0, 0.1) is 5.92 Å². The van der Waals surface area contributed by atoms with Crippen LogP contribution in [0.2, 0.25) is 0 Å². The lowest BCUT2D eigenvalue weighted by molar-refractivity contribution is 0.390. The molecule has 0 aliphatic heterocycles. The fourth-order valence-electron chi connectivity index (χ4n) is 2.95. The summed E-state index contributed by atoms with van der Waals surface area (Å²) in [5.41, 5.74) is 1.05. The summed E-state index contributed by atoms with van der Waals surface area (Å²) in [4.78, 5) is 4.07. The third-order valence-electron chi connectivity index (χ3n) is 4.14. The van der Waals surface area contributed by atoms with Crippen LogP contribution in [0.3, 0.4) is 0 Å². The van der Waals surface area contributed by atoms with Gasteiger partial charge >= 0.3 is 0 Å². The summed E-state index contributed by atoms with van der Waals surface area (Å²) in [7, 11) is 0. The SMILES string of the molecule is C=CCn1c(SCC2CCCCC2)nnc1-c1ccncc1. The second-order valence-corrected chi connectivity index (χ2v) is 6.74. The van der Waals surface area contributed by atoms with E-state index in [1.54, 1.807) is 12.4 Å². The van der Waals surface area contributed by atoms with Crippen molar-refractivity contribution in [1.29, 1.82) is 0 Å². The van der Waals surface area contributed by atoms with E-state index in [1.165, 1.54) is 32.1 Å². The van der Waals surface area contributed by atoms with Gasteiger partial charge in [-0.25, -0.2) is 0 Å². The fraction of sp³-hybridized carbons (Fsp3) is 0.471. The summed E-state index contributed by atoms with van der Waals surface area (Å²) in [6, 6.07) is 3.94. The van der Waals surface area contributed by atoms with Gasteiger partial charge in [0.15, 0.2) is 11.0 Å². The lowest BCUT2D eigenvalue weighted by Crippen LogP contribution is -2.09. The van der Waals surface area contributed by atoms with Gasteiger partial charge in [0, 0.05) is 30.3 Å². The summed E-state index contributed by atoms with van der Waals surface area (Å²) in [6.07, 6.45) is 12.4. The summed E-state index contributed by atoms with van der Waals surface area (Å²) in [6.45, 7) is 4.60. The van der Waals surface area contributed by atoms with E-state index in [-0.39, 0.29) is 0 Å². The molecule has 4 nitrogen and oxygen atoms in total. The first-order chi connectivity index (χ1) is 10.9. The molecular weight excluding hydrogens is 292 g/mol. The highest BCUT2D eigenvalue weighted by Crippen LogP contribution is 2.30. The van der Waals surface area contributed by atoms with Crippen LogP contribution in [-0.4, -0.2) is 25.5 Å². The molecule has 0 spiro atoms. The molecule has 116 valence electrons. The van der Waals surface area contributed by atoms with E-state index in [2.05, 4.69) is 26.3 Å². The molecular formula is C17H22N4S. The maximum absolute atomic E-state index is 4.40. The van der Waals surface area contributed by atoms with E-state index >= 15 is 0 Å². The van der Waals surface area contributed by atoms with Crippen LogP contribution in [0.25, 0.3) is 11.4 Å². The van der Waals surface area contributed by atoms with Crippen LogP contribution in [0.5, 0.6) is 0 Å². The van der Waals surface area contributed by atoms with Gasteiger partial charge in [-0.05, 0) is 30.9 Å². The number of pyridine rings is 1. The van der Waals surface area contributed by atoms with E-state index in [1.807, 2.05) is 30.0 Å². The van der Waals surface area contributed by atoms with E-state index in [9.17, 15) is 0 Å². The van der Waals surface area contributed by atoms with Crippen LogP contribution >= 0.6 is 11.8 Å². The first-order valence-electron chi connectivity index (χ1n) is 7.96. The molecule has 2 heterocycles. The highest BCUT2D eigenvalue weighted by Gasteiger charge is 2.17. The molecule has 1 saturated carbocycles. The molecule has 0 aromatic carbocycles. The number of hydrogen-bond donors (Lipinski definition) is 0. The van der Waals surface area contributed by atoms with Gasteiger partial charge in [-0.1, -0.05) is 37.1 Å². The van der Waals surface area contributed by atoms with Crippen molar-refractivity contribution < 1.29 is 0 Å². The smallest absolute Gasteiger partial charge is 0.191 e. The highest BCUT2D eigenvalue weighted by atomic mass is 32.2. The molecule has 1 fully saturated rings. The van der Waals surface area contributed by atoms with Gasteiger partial charge < -0.3 is 0 Å². The molecule has 2 aromatic heterocycles. The molecule has 0 bridgehead atoms. The van der Waals surface area contributed by atoms with Gasteiger partial charge in [0.1, 0.15) is 0 Å². The van der Waals surface area contributed by atoms with Gasteiger partial charge in [-0.2, -0.15) is 0 Å². The average molecular weight is 314 g/mol. The summed E-state index contributed by atoms with van der Waals surface area (Å²) >= 11 is 1.83. The Morgan fingerprint density at radius 1 is 1.18 bits per heavy atom. The molecule has 0 atom stereocenters. The van der Waals surface area contributed by atoms with Gasteiger partial charge in [-0.15, -0.1) is 16.8 Å². The zero-order valence-electron chi connectivity index (χ0n) is 12.8. The Hall–Kier alpha value is -1.62. The van der Waals surface area contributed by atoms with Crippen LogP contribution < -0.4 is 0 Å². The number of rotatable bonds is 6. The Balaban J connectivity index is 1.76. The number of aromatic nitrogens is 4. The van der Waals surface area contributed by atoms with Crippen LogP contribution in [0.1, 0.15) is 32.1 Å². The van der Waals surface area contributed by atoms with E-state index in [4.69, 9.17) is 0 Å². The van der Waals surface area contributed by atoms with Gasteiger partial charge in [-0.3, -0.25) is 9.55 Å². The van der Waals surface area contributed by atoms with E-state index < -0.39 is 0 Å². The number of thioether (sulfide) groups is 1. The van der Waals surface area contributed by atoms with Gasteiger partial charge in [0.05, 0.1) is 0 Å². The number of nitrogens with zero attached hydrogens (tertiary/aromatic N) is 4. The van der Waals surface area contributed by atoms with E-state index in [0.717, 1.165) is 34.8 Å². The van der Waals surface area contributed by atoms with Crippen molar-refractivity contribution in [3.63, 3.8) is 0 Å². The molecule has 0 amide bonds. The average Bonchev–Trinajstić information content (AvgIpc) is 2.98. The first kappa shape index (κ1) is 15.3. The van der Waals surface area contributed by atoms with Crippen LogP contribution in [-0.2, 0) is 6.54 Å². The van der Waals surface area contributed by atoms with Crippen molar-refractivity contribution in [2.24, 2.45) is 5.92 Å². The third-order valence-corrected chi connectivity index (χ3v) is 5.34. The summed E-state index contributed by atoms with van der Waals surface area (Å²) < 4.78 is 2.15. The minimum absolute atomic E-state index is 0.734. The van der Waals surface area contributed by atoms with Crippen molar-refractivity contribution >= 4 is 11.8 Å². The second-order valence-electron chi connectivity index (χ2n) is 5.76. The molecule has 2 aromatic rings. The van der Waals surface area contributed by atoms with Gasteiger partial charge in [0.2, 0.25) is 0 Å². The fourth-order valence-corrected chi connectivity index (χ4v) is 4.08. The molecule has 1 aliphatic carbocycles. The quantitative estimate of drug-likeness (QED) is 0.592. The molecule has 1 aliphatic rings. The van der Waals surface area contributed by atoms with Crippen molar-refractivity contribution in [2.45, 2.75) is 43.8 Å². The normalized spacial score (nSPS) is 15.8. The Kier molecular flexibility index (Phi) is 5.27. The summed E-state index contributed by atoms with van der Waals surface area (Å²) in [5.74, 6) is 2.87. The summed E-state index contributed by atoms with van der Waals surface area (Å²) in [5, 5.41) is 9.79. The van der Waals surface area contributed by atoms with Gasteiger partial charge in [0.25, 0.3) is 0 Å². The molecule has 0 radical (unpaired) electrons. The monoisotopic (exact) mass is 314 g/mol. The Labute approximate surface area is 136 Å². The first-order valence-corrected chi connectivity index (χ1v) is 8.94. The number of hydrogen-bond acceptors (Lipinski definition) is 4. The number of allylic oxidation sites excluding steroid dienone is 1. The molecule has 5 heteroatoms.